The van der Waals surface area contributed by atoms with Crippen LogP contribution in [-0.2, 0) is 10.0 Å². The predicted molar refractivity (Wildman–Crippen MR) is 87.8 cm³/mol. The number of carboxylic acid groups (broad SMARTS) is 1. The van der Waals surface area contributed by atoms with Crippen LogP contribution in [0.15, 0.2) is 47.4 Å². The van der Waals surface area contributed by atoms with E-state index in [1.165, 1.54) is 12.1 Å². The van der Waals surface area contributed by atoms with Crippen molar-refractivity contribution in [2.24, 2.45) is 0 Å². The number of sulfonamides is 1. The summed E-state index contributed by atoms with van der Waals surface area (Å²) in [6.07, 6.45) is 0. The van der Waals surface area contributed by atoms with Crippen LogP contribution in [0.25, 0.3) is 0 Å². The molecule has 0 amide bonds. The minimum absolute atomic E-state index is 0.0688. The summed E-state index contributed by atoms with van der Waals surface area (Å²) in [5.41, 5.74) is 5.86. The van der Waals surface area contributed by atoms with Gasteiger partial charge in [0.15, 0.2) is 0 Å². The molecule has 0 aliphatic rings. The Kier molecular flexibility index (Phi) is 4.37. The Morgan fingerprint density at radius 2 is 1.90 bits per heavy atom. The molecule has 0 radical (unpaired) electrons. The van der Waals surface area contributed by atoms with Crippen molar-refractivity contribution in [1.82, 2.24) is 0 Å². The first-order valence-corrected chi connectivity index (χ1v) is 8.27. The molecule has 2 rings (SSSR count). The van der Waals surface area contributed by atoms with E-state index in [1.807, 2.05) is 6.07 Å². The van der Waals surface area contributed by atoms with Gasteiger partial charge in [-0.15, -0.1) is 0 Å². The van der Waals surface area contributed by atoms with Crippen LogP contribution in [0.2, 0.25) is 0 Å². The van der Waals surface area contributed by atoms with Crippen molar-refractivity contribution in [2.45, 2.75) is 4.90 Å². The largest absolute Gasteiger partial charge is 0.478 e. The summed E-state index contributed by atoms with van der Waals surface area (Å²) in [5, 5.41) is 8.85. The molecule has 0 spiro atoms. The molecule has 0 aliphatic carbocycles. The molecule has 0 fully saturated rings. The Labute approximate surface area is 135 Å². The van der Waals surface area contributed by atoms with Crippen LogP contribution in [0.5, 0.6) is 0 Å². The molecule has 0 bridgehead atoms. The number of nitrogens with two attached hydrogens (primary N) is 1. The Morgan fingerprint density at radius 1 is 1.19 bits per heavy atom. The van der Waals surface area contributed by atoms with Gasteiger partial charge in [-0.05, 0) is 59.0 Å². The molecule has 0 atom stereocenters. The first-order valence-electron chi connectivity index (χ1n) is 5.71. The fourth-order valence-corrected chi connectivity index (χ4v) is 3.40. The lowest BCUT2D eigenvalue weighted by molar-refractivity contribution is 0.0697. The molecule has 21 heavy (non-hydrogen) atoms. The highest BCUT2D eigenvalue weighted by atomic mass is 127. The lowest BCUT2D eigenvalue weighted by Crippen LogP contribution is -2.15. The van der Waals surface area contributed by atoms with E-state index in [-0.39, 0.29) is 16.1 Å². The van der Waals surface area contributed by atoms with Crippen LogP contribution in [0.4, 0.5) is 11.4 Å². The zero-order valence-electron chi connectivity index (χ0n) is 10.6. The number of anilines is 2. The number of rotatable bonds is 4. The van der Waals surface area contributed by atoms with Crippen LogP contribution in [-0.4, -0.2) is 19.5 Å². The molecule has 4 N–H and O–H groups in total. The minimum Gasteiger partial charge on any atom is -0.478 e. The van der Waals surface area contributed by atoms with Crippen molar-refractivity contribution in [2.75, 3.05) is 10.5 Å². The Hall–Kier alpha value is -1.81. The molecule has 0 heterocycles. The van der Waals surface area contributed by atoms with E-state index in [9.17, 15) is 13.2 Å². The first-order chi connectivity index (χ1) is 9.79. The summed E-state index contributed by atoms with van der Waals surface area (Å²) in [5.74, 6) is -1.17. The van der Waals surface area contributed by atoms with Crippen molar-refractivity contribution in [3.8, 4) is 0 Å². The van der Waals surface area contributed by atoms with Crippen molar-refractivity contribution in [3.63, 3.8) is 0 Å². The molecule has 0 saturated heterocycles. The van der Waals surface area contributed by atoms with Gasteiger partial charge in [-0.1, -0.05) is 6.07 Å². The highest BCUT2D eigenvalue weighted by molar-refractivity contribution is 14.1. The normalized spacial score (nSPS) is 11.1. The van der Waals surface area contributed by atoms with Gasteiger partial charge in [0.1, 0.15) is 4.90 Å². The van der Waals surface area contributed by atoms with E-state index < -0.39 is 16.0 Å². The molecule has 8 heteroatoms. The lowest BCUT2D eigenvalue weighted by atomic mass is 10.2. The Balaban J connectivity index is 2.38. The third kappa shape index (κ3) is 3.64. The topological polar surface area (TPSA) is 109 Å². The lowest BCUT2D eigenvalue weighted by Gasteiger charge is -2.11. The third-order valence-corrected chi connectivity index (χ3v) is 4.75. The van der Waals surface area contributed by atoms with Gasteiger partial charge in [-0.3, -0.25) is 4.72 Å². The fourth-order valence-electron chi connectivity index (χ4n) is 1.69. The SMILES string of the molecule is Nc1cc(C(=O)O)ccc1S(=O)(=O)Nc1cccc(I)c1. The van der Waals surface area contributed by atoms with Crippen molar-refractivity contribution in [3.05, 3.63) is 51.6 Å². The molecule has 2 aromatic carbocycles. The summed E-state index contributed by atoms with van der Waals surface area (Å²) >= 11 is 2.07. The fraction of sp³-hybridized carbons (Fsp3) is 0. The van der Waals surface area contributed by atoms with Gasteiger partial charge in [0, 0.05) is 9.26 Å². The number of hydrogen-bond donors (Lipinski definition) is 3. The van der Waals surface area contributed by atoms with Crippen molar-refractivity contribution < 1.29 is 18.3 Å². The second-order valence-electron chi connectivity index (χ2n) is 4.17. The van der Waals surface area contributed by atoms with Crippen LogP contribution < -0.4 is 10.5 Å². The van der Waals surface area contributed by atoms with Gasteiger partial charge in [-0.2, -0.15) is 0 Å². The summed E-state index contributed by atoms with van der Waals surface area (Å²) in [4.78, 5) is 10.7. The number of nitrogen functional groups attached to an aromatic ring is 1. The standard InChI is InChI=1S/C13H11IN2O4S/c14-9-2-1-3-10(7-9)16-21(19,20)12-5-4-8(13(17)18)6-11(12)15/h1-7,16H,15H2,(H,17,18). The van der Waals surface area contributed by atoms with Crippen molar-refractivity contribution in [1.29, 1.82) is 0 Å². The van der Waals surface area contributed by atoms with Gasteiger partial charge in [0.25, 0.3) is 10.0 Å². The summed E-state index contributed by atoms with van der Waals surface area (Å²) in [7, 11) is -3.87. The van der Waals surface area contributed by atoms with E-state index in [0.29, 0.717) is 5.69 Å². The van der Waals surface area contributed by atoms with Crippen LogP contribution in [0, 0.1) is 3.57 Å². The monoisotopic (exact) mass is 418 g/mol. The van der Waals surface area contributed by atoms with Crippen LogP contribution in [0.1, 0.15) is 10.4 Å². The molecule has 110 valence electrons. The third-order valence-electron chi connectivity index (χ3n) is 2.62. The number of nitrogens with one attached hydrogen (secondary N) is 1. The average Bonchev–Trinajstić information content (AvgIpc) is 2.37. The van der Waals surface area contributed by atoms with E-state index in [1.54, 1.807) is 18.2 Å². The van der Waals surface area contributed by atoms with E-state index in [4.69, 9.17) is 10.8 Å². The smallest absolute Gasteiger partial charge is 0.335 e. The second-order valence-corrected chi connectivity index (χ2v) is 7.07. The Morgan fingerprint density at radius 3 is 2.48 bits per heavy atom. The van der Waals surface area contributed by atoms with E-state index >= 15 is 0 Å². The highest BCUT2D eigenvalue weighted by Gasteiger charge is 2.19. The molecule has 0 saturated carbocycles. The molecule has 2 aromatic rings. The van der Waals surface area contributed by atoms with Crippen LogP contribution in [0.3, 0.4) is 0 Å². The van der Waals surface area contributed by atoms with Crippen molar-refractivity contribution >= 4 is 50.0 Å². The molecular formula is C13H11IN2O4S. The number of benzene rings is 2. The number of halogens is 1. The average molecular weight is 418 g/mol. The van der Waals surface area contributed by atoms with Gasteiger partial charge < -0.3 is 10.8 Å². The van der Waals surface area contributed by atoms with E-state index in [0.717, 1.165) is 9.64 Å². The van der Waals surface area contributed by atoms with E-state index in [2.05, 4.69) is 27.3 Å². The Bertz CT molecular complexity index is 806. The molecular weight excluding hydrogens is 407 g/mol. The first kappa shape index (κ1) is 15.6. The molecule has 0 aliphatic heterocycles. The second kappa shape index (κ2) is 5.90. The summed E-state index contributed by atoms with van der Waals surface area (Å²) in [6, 6.07) is 10.3. The predicted octanol–water partition coefficient (Wildman–Crippen LogP) is 2.37. The summed E-state index contributed by atoms with van der Waals surface area (Å²) < 4.78 is 27.8. The quantitative estimate of drug-likeness (QED) is 0.522. The zero-order valence-corrected chi connectivity index (χ0v) is 13.6. The maximum atomic E-state index is 12.3. The maximum Gasteiger partial charge on any atom is 0.335 e. The number of aromatic carboxylic acids is 1. The van der Waals surface area contributed by atoms with Gasteiger partial charge in [-0.25, -0.2) is 13.2 Å². The van der Waals surface area contributed by atoms with Gasteiger partial charge >= 0.3 is 5.97 Å². The number of carboxylic acids is 1. The van der Waals surface area contributed by atoms with Gasteiger partial charge in [0.2, 0.25) is 0 Å². The molecule has 6 nitrogen and oxygen atoms in total. The number of carbonyl (C=O) groups is 1. The highest BCUT2D eigenvalue weighted by Crippen LogP contribution is 2.23. The minimum atomic E-state index is -3.87. The molecule has 0 aromatic heterocycles. The van der Waals surface area contributed by atoms with Gasteiger partial charge in [0.05, 0.1) is 11.3 Å². The zero-order chi connectivity index (χ0) is 15.6. The maximum absolute atomic E-state index is 12.3. The number of hydrogen-bond acceptors (Lipinski definition) is 4. The summed E-state index contributed by atoms with van der Waals surface area (Å²) in [6.45, 7) is 0. The van der Waals surface area contributed by atoms with Crippen LogP contribution >= 0.6 is 22.6 Å². The molecule has 0 unspecified atom stereocenters.